The third-order valence-electron chi connectivity index (χ3n) is 4.84. The number of rotatable bonds is 4. The Morgan fingerprint density at radius 2 is 2.22 bits per heavy atom. The van der Waals surface area contributed by atoms with Crippen molar-refractivity contribution in [3.63, 3.8) is 0 Å². The normalized spacial score (nSPS) is 26.3. The molecule has 0 aliphatic carbocycles. The topological polar surface area (TPSA) is 77.7 Å². The Morgan fingerprint density at radius 3 is 2.85 bits per heavy atom. The third-order valence-corrected chi connectivity index (χ3v) is 4.84. The van der Waals surface area contributed by atoms with Crippen LogP contribution in [0.2, 0.25) is 0 Å². The van der Waals surface area contributed by atoms with E-state index in [1.54, 1.807) is 18.0 Å². The van der Waals surface area contributed by atoms with Gasteiger partial charge < -0.3 is 9.84 Å². The lowest BCUT2D eigenvalue weighted by molar-refractivity contribution is -0.0412. The van der Waals surface area contributed by atoms with Gasteiger partial charge in [-0.05, 0) is 44.2 Å². The van der Waals surface area contributed by atoms with Crippen LogP contribution in [0.5, 0.6) is 0 Å². The van der Waals surface area contributed by atoms with Crippen LogP contribution < -0.4 is 0 Å². The number of carbonyl (C=O) groups excluding carboxylic acids is 1. The number of urea groups is 1. The van der Waals surface area contributed by atoms with E-state index < -0.39 is 5.82 Å². The highest BCUT2D eigenvalue weighted by Gasteiger charge is 2.42. The average molecular weight is 374 g/mol. The second kappa shape index (κ2) is 7.98. The molecule has 2 fully saturated rings. The summed E-state index contributed by atoms with van der Waals surface area (Å²) in [6.07, 6.45) is 2.55. The molecule has 2 aliphatic heterocycles. The Bertz CT molecular complexity index is 800. The highest BCUT2D eigenvalue weighted by Crippen LogP contribution is 2.31. The molecule has 0 aromatic heterocycles. The number of aliphatic imine (C=N–C) groups is 2. The van der Waals surface area contributed by atoms with Gasteiger partial charge in [-0.1, -0.05) is 6.07 Å². The zero-order valence-electron chi connectivity index (χ0n) is 15.4. The minimum absolute atomic E-state index is 0.0461. The first-order valence-corrected chi connectivity index (χ1v) is 8.76. The van der Waals surface area contributed by atoms with Crippen LogP contribution in [0.1, 0.15) is 18.4 Å². The summed E-state index contributed by atoms with van der Waals surface area (Å²) in [7, 11) is 1.63. The lowest BCUT2D eigenvalue weighted by Crippen LogP contribution is -2.47. The van der Waals surface area contributed by atoms with E-state index in [9.17, 15) is 14.3 Å². The molecule has 3 rings (SSSR count). The minimum atomic E-state index is -0.400. The van der Waals surface area contributed by atoms with E-state index >= 15 is 0 Å². The molecule has 0 spiro atoms. The van der Waals surface area contributed by atoms with Crippen molar-refractivity contribution >= 4 is 24.3 Å². The molecular weight excluding hydrogens is 351 g/mol. The molecule has 0 bridgehead atoms. The molecule has 7 nitrogen and oxygen atoms in total. The summed E-state index contributed by atoms with van der Waals surface area (Å²) in [6, 6.07) is 3.86. The van der Waals surface area contributed by atoms with Gasteiger partial charge in [-0.25, -0.2) is 14.2 Å². The fourth-order valence-corrected chi connectivity index (χ4v) is 3.26. The van der Waals surface area contributed by atoms with Crippen molar-refractivity contribution in [1.29, 1.82) is 0 Å². The second-order valence-corrected chi connectivity index (χ2v) is 6.64. The molecule has 0 radical (unpaired) electrons. The number of hydrogen-bond acceptors (Lipinski definition) is 5. The van der Waals surface area contributed by atoms with E-state index in [4.69, 9.17) is 4.74 Å². The lowest BCUT2D eigenvalue weighted by Gasteiger charge is -2.33. The molecule has 2 unspecified atom stereocenters. The van der Waals surface area contributed by atoms with E-state index in [-0.39, 0.29) is 24.8 Å². The number of ether oxygens (including phenoxy) is 1. The summed E-state index contributed by atoms with van der Waals surface area (Å²) in [5.74, 6) is -0.0111. The van der Waals surface area contributed by atoms with Crippen molar-refractivity contribution in [3.05, 3.63) is 41.5 Å². The minimum Gasteiger partial charge on any atom is -0.394 e. The molecule has 0 saturated carbocycles. The average Bonchev–Trinajstić information content (AvgIpc) is 2.89. The summed E-state index contributed by atoms with van der Waals surface area (Å²) < 4.78 is 19.3. The monoisotopic (exact) mass is 374 g/mol. The first-order chi connectivity index (χ1) is 13.0. The Balaban J connectivity index is 2.03. The van der Waals surface area contributed by atoms with Crippen LogP contribution in [0, 0.1) is 12.7 Å². The zero-order valence-corrected chi connectivity index (χ0v) is 15.4. The largest absolute Gasteiger partial charge is 0.394 e. The fraction of sp³-hybridized carbons (Fsp3) is 0.421. The van der Waals surface area contributed by atoms with Crippen molar-refractivity contribution in [2.24, 2.45) is 9.98 Å². The summed E-state index contributed by atoms with van der Waals surface area (Å²) in [6.45, 7) is 5.54. The molecule has 8 heteroatoms. The van der Waals surface area contributed by atoms with Crippen LogP contribution in [-0.4, -0.2) is 65.9 Å². The summed E-state index contributed by atoms with van der Waals surface area (Å²) in [5.41, 5.74) is 1.72. The number of hydrogen-bond donors (Lipinski definition) is 1. The van der Waals surface area contributed by atoms with Gasteiger partial charge in [0.05, 0.1) is 37.2 Å². The maximum Gasteiger partial charge on any atom is 0.330 e. The Hall–Kier alpha value is -2.58. The Morgan fingerprint density at radius 1 is 1.44 bits per heavy atom. The van der Waals surface area contributed by atoms with E-state index in [1.165, 1.54) is 23.2 Å². The lowest BCUT2D eigenvalue weighted by atomic mass is 10.0. The third kappa shape index (κ3) is 3.77. The Kier molecular flexibility index (Phi) is 5.67. The summed E-state index contributed by atoms with van der Waals surface area (Å²) in [4.78, 5) is 24.3. The van der Waals surface area contributed by atoms with Gasteiger partial charge in [0, 0.05) is 7.05 Å². The molecule has 2 saturated heterocycles. The first-order valence-electron chi connectivity index (χ1n) is 8.76. The number of aliphatic hydroxyl groups is 1. The van der Waals surface area contributed by atoms with Gasteiger partial charge in [0.2, 0.25) is 0 Å². The van der Waals surface area contributed by atoms with Crippen molar-refractivity contribution < 1.29 is 19.0 Å². The molecule has 1 aromatic carbocycles. The molecule has 2 aliphatic rings. The molecule has 1 aromatic rings. The second-order valence-electron chi connectivity index (χ2n) is 6.64. The van der Waals surface area contributed by atoms with Gasteiger partial charge in [-0.15, -0.1) is 0 Å². The SMILES string of the molecule is C=N/C=C1\C(=Nc2cc(F)ccc2C)N(C2CCC(CO)OC2)C(=O)N1C. The number of likely N-dealkylation sites (N-methyl/N-ethyl adjacent to an activating group) is 1. The number of benzene rings is 1. The van der Waals surface area contributed by atoms with Gasteiger partial charge in [0.15, 0.2) is 5.84 Å². The van der Waals surface area contributed by atoms with Gasteiger partial charge in [-0.3, -0.25) is 14.8 Å². The number of carbonyl (C=O) groups is 1. The maximum atomic E-state index is 13.7. The first kappa shape index (κ1) is 19.2. The molecule has 2 amide bonds. The van der Waals surface area contributed by atoms with Crippen LogP contribution in [-0.2, 0) is 4.74 Å². The maximum absolute atomic E-state index is 13.7. The van der Waals surface area contributed by atoms with Crippen LogP contribution in [0.3, 0.4) is 0 Å². The quantitative estimate of drug-likeness (QED) is 0.823. The molecule has 2 atom stereocenters. The predicted molar refractivity (Wildman–Crippen MR) is 101 cm³/mol. The highest BCUT2D eigenvalue weighted by molar-refractivity contribution is 6.15. The molecule has 27 heavy (non-hydrogen) atoms. The number of amides is 2. The molecule has 1 N–H and O–H groups in total. The smallest absolute Gasteiger partial charge is 0.330 e. The van der Waals surface area contributed by atoms with Gasteiger partial charge in [0.25, 0.3) is 0 Å². The van der Waals surface area contributed by atoms with E-state index in [1.807, 2.05) is 6.92 Å². The van der Waals surface area contributed by atoms with Crippen LogP contribution in [0.25, 0.3) is 0 Å². The van der Waals surface area contributed by atoms with E-state index in [0.717, 1.165) is 5.56 Å². The number of nitrogens with zero attached hydrogens (tertiary/aromatic N) is 4. The molecular formula is C19H23FN4O3. The van der Waals surface area contributed by atoms with Gasteiger partial charge >= 0.3 is 6.03 Å². The Labute approximate surface area is 157 Å². The highest BCUT2D eigenvalue weighted by atomic mass is 19.1. The fourth-order valence-electron chi connectivity index (χ4n) is 3.26. The molecule has 144 valence electrons. The van der Waals surface area contributed by atoms with Crippen molar-refractivity contribution in [2.75, 3.05) is 20.3 Å². The summed E-state index contributed by atoms with van der Waals surface area (Å²) >= 11 is 0. The van der Waals surface area contributed by atoms with Crippen molar-refractivity contribution in [3.8, 4) is 0 Å². The molecule has 2 heterocycles. The standard InChI is InChI=1S/C19H23FN4O3/c1-12-4-5-13(20)8-16(12)22-18-17(9-21-2)23(3)19(26)24(18)14-6-7-15(10-25)27-11-14/h4-5,8-9,14-15,25H,2,6-7,10-11H2,1,3H3/b17-9+,22-18?. The van der Waals surface area contributed by atoms with Crippen LogP contribution >= 0.6 is 0 Å². The predicted octanol–water partition coefficient (Wildman–Crippen LogP) is 2.61. The van der Waals surface area contributed by atoms with E-state index in [2.05, 4.69) is 16.7 Å². The van der Waals surface area contributed by atoms with E-state index in [0.29, 0.717) is 36.7 Å². The van der Waals surface area contributed by atoms with Crippen molar-refractivity contribution in [2.45, 2.75) is 31.9 Å². The zero-order chi connectivity index (χ0) is 19.6. The van der Waals surface area contributed by atoms with Crippen LogP contribution in [0.4, 0.5) is 14.9 Å². The van der Waals surface area contributed by atoms with Gasteiger partial charge in [0.1, 0.15) is 11.5 Å². The number of halogens is 1. The van der Waals surface area contributed by atoms with Gasteiger partial charge in [-0.2, -0.15) is 0 Å². The number of aryl methyl sites for hydroxylation is 1. The number of aliphatic hydroxyl groups excluding tert-OH is 1. The van der Waals surface area contributed by atoms with Crippen molar-refractivity contribution in [1.82, 2.24) is 9.80 Å². The summed E-state index contributed by atoms with van der Waals surface area (Å²) in [5, 5.41) is 9.25. The van der Waals surface area contributed by atoms with Crippen LogP contribution in [0.15, 0.2) is 40.1 Å². The number of amidine groups is 1.